The van der Waals surface area contributed by atoms with E-state index in [4.69, 9.17) is 14.2 Å². The Morgan fingerprint density at radius 2 is 1.64 bits per heavy atom. The fourth-order valence-electron chi connectivity index (χ4n) is 2.40. The topological polar surface area (TPSA) is 90.9 Å². The van der Waals surface area contributed by atoms with Crippen LogP contribution in [0, 0.1) is 0 Å². The average molecular weight is 385 g/mol. The van der Waals surface area contributed by atoms with Gasteiger partial charge in [0.15, 0.2) is 23.9 Å². The highest BCUT2D eigenvalue weighted by atomic mass is 16.5. The van der Waals surface area contributed by atoms with Crippen molar-refractivity contribution in [2.45, 2.75) is 20.4 Å². The number of carbonyl (C=O) groups excluding carboxylic acids is 3. The Bertz CT molecular complexity index is 844. The molecule has 7 nitrogen and oxygen atoms in total. The minimum absolute atomic E-state index is 0.127. The van der Waals surface area contributed by atoms with Gasteiger partial charge in [-0.2, -0.15) is 0 Å². The summed E-state index contributed by atoms with van der Waals surface area (Å²) >= 11 is 0. The molecule has 2 aromatic carbocycles. The van der Waals surface area contributed by atoms with E-state index < -0.39 is 5.97 Å². The summed E-state index contributed by atoms with van der Waals surface area (Å²) in [5.41, 5.74) is 1.55. The second kappa shape index (κ2) is 10.1. The van der Waals surface area contributed by atoms with Crippen molar-refractivity contribution in [2.24, 2.45) is 0 Å². The minimum atomic E-state index is -0.628. The van der Waals surface area contributed by atoms with Crippen molar-refractivity contribution in [3.63, 3.8) is 0 Å². The fourth-order valence-corrected chi connectivity index (χ4v) is 2.40. The number of ketones is 1. The van der Waals surface area contributed by atoms with Crippen LogP contribution >= 0.6 is 0 Å². The van der Waals surface area contributed by atoms with Crippen LogP contribution in [0.15, 0.2) is 42.5 Å². The Morgan fingerprint density at radius 1 is 0.964 bits per heavy atom. The lowest BCUT2D eigenvalue weighted by Crippen LogP contribution is -2.19. The second-order valence-corrected chi connectivity index (χ2v) is 5.90. The third-order valence-electron chi connectivity index (χ3n) is 3.85. The van der Waals surface area contributed by atoms with Crippen LogP contribution in [-0.2, 0) is 16.1 Å². The lowest BCUT2D eigenvalue weighted by Gasteiger charge is -2.11. The largest absolute Gasteiger partial charge is 0.493 e. The number of Topliss-reactive ketones (excluding diaryl/α,β-unsaturated/α-hetero) is 1. The molecule has 0 saturated heterocycles. The zero-order valence-corrected chi connectivity index (χ0v) is 16.1. The molecular weight excluding hydrogens is 362 g/mol. The van der Waals surface area contributed by atoms with Crippen molar-refractivity contribution in [1.29, 1.82) is 0 Å². The monoisotopic (exact) mass is 385 g/mol. The van der Waals surface area contributed by atoms with Crippen LogP contribution in [0.4, 0.5) is 0 Å². The van der Waals surface area contributed by atoms with Crippen LogP contribution < -0.4 is 14.8 Å². The van der Waals surface area contributed by atoms with E-state index in [-0.39, 0.29) is 23.9 Å². The molecule has 2 aromatic rings. The van der Waals surface area contributed by atoms with Gasteiger partial charge in [-0.05, 0) is 30.7 Å². The number of amides is 1. The number of rotatable bonds is 9. The number of carbonyl (C=O) groups is 3. The molecule has 7 heteroatoms. The summed E-state index contributed by atoms with van der Waals surface area (Å²) < 4.78 is 15.7. The highest BCUT2D eigenvalue weighted by molar-refractivity contribution is 5.99. The van der Waals surface area contributed by atoms with Crippen molar-refractivity contribution in [2.75, 3.05) is 20.3 Å². The zero-order valence-electron chi connectivity index (χ0n) is 16.1. The van der Waals surface area contributed by atoms with Gasteiger partial charge in [-0.3, -0.25) is 9.59 Å². The Labute approximate surface area is 163 Å². The van der Waals surface area contributed by atoms with Gasteiger partial charge in [0, 0.05) is 19.0 Å². The highest BCUT2D eigenvalue weighted by Gasteiger charge is 2.15. The molecule has 1 amide bonds. The van der Waals surface area contributed by atoms with Gasteiger partial charge < -0.3 is 19.5 Å². The van der Waals surface area contributed by atoms with Crippen molar-refractivity contribution in [1.82, 2.24) is 5.32 Å². The van der Waals surface area contributed by atoms with Gasteiger partial charge in [0.05, 0.1) is 19.3 Å². The molecule has 0 fully saturated rings. The molecule has 0 aliphatic heterocycles. The maximum atomic E-state index is 12.2. The summed E-state index contributed by atoms with van der Waals surface area (Å²) in [5, 5.41) is 2.68. The van der Waals surface area contributed by atoms with E-state index in [2.05, 4.69) is 5.32 Å². The van der Waals surface area contributed by atoms with Crippen molar-refractivity contribution >= 4 is 17.7 Å². The quantitative estimate of drug-likeness (QED) is 0.527. The molecule has 0 aromatic heterocycles. The summed E-state index contributed by atoms with van der Waals surface area (Å²) in [4.78, 5) is 35.4. The van der Waals surface area contributed by atoms with Crippen LogP contribution in [0.3, 0.4) is 0 Å². The van der Waals surface area contributed by atoms with E-state index in [1.165, 1.54) is 20.1 Å². The lowest BCUT2D eigenvalue weighted by molar-refractivity contribution is -0.119. The molecule has 0 aliphatic carbocycles. The molecule has 28 heavy (non-hydrogen) atoms. The van der Waals surface area contributed by atoms with Crippen LogP contribution in [0.25, 0.3) is 0 Å². The smallest absolute Gasteiger partial charge is 0.338 e. The Morgan fingerprint density at radius 3 is 2.25 bits per heavy atom. The van der Waals surface area contributed by atoms with E-state index in [0.29, 0.717) is 30.2 Å². The third-order valence-corrected chi connectivity index (χ3v) is 3.85. The summed E-state index contributed by atoms with van der Waals surface area (Å²) in [6.07, 6.45) is 0. The Kier molecular flexibility index (Phi) is 7.56. The number of hydrogen-bond donors (Lipinski definition) is 1. The summed E-state index contributed by atoms with van der Waals surface area (Å²) in [6, 6.07) is 11.4. The number of ether oxygens (including phenoxy) is 3. The summed E-state index contributed by atoms with van der Waals surface area (Å²) in [7, 11) is 1.48. The molecule has 0 aliphatic rings. The van der Waals surface area contributed by atoms with Crippen LogP contribution in [0.2, 0.25) is 0 Å². The molecule has 1 N–H and O–H groups in total. The van der Waals surface area contributed by atoms with Crippen LogP contribution in [0.5, 0.6) is 11.5 Å². The molecule has 2 rings (SSSR count). The molecule has 0 atom stereocenters. The van der Waals surface area contributed by atoms with Gasteiger partial charge >= 0.3 is 5.97 Å². The molecule has 0 radical (unpaired) electrons. The summed E-state index contributed by atoms with van der Waals surface area (Å²) in [5.74, 6) is -0.137. The predicted molar refractivity (Wildman–Crippen MR) is 103 cm³/mol. The van der Waals surface area contributed by atoms with Gasteiger partial charge in [-0.25, -0.2) is 4.79 Å². The lowest BCUT2D eigenvalue weighted by atomic mass is 10.1. The molecule has 0 saturated carbocycles. The minimum Gasteiger partial charge on any atom is -0.493 e. The molecule has 0 bridgehead atoms. The van der Waals surface area contributed by atoms with Crippen molar-refractivity contribution < 1.29 is 28.6 Å². The number of methoxy groups -OCH3 is 1. The standard InChI is InChI=1S/C21H23NO6/c1-4-27-19-10-9-17(11-20(19)26-3)21(25)28-13-18(24)16-7-5-15(6-8-16)12-22-14(2)23/h5-11H,4,12-13H2,1-3H3,(H,22,23). The van der Waals surface area contributed by atoms with Gasteiger partial charge in [-0.15, -0.1) is 0 Å². The Hall–Kier alpha value is -3.35. The first-order valence-corrected chi connectivity index (χ1v) is 8.79. The average Bonchev–Trinajstić information content (AvgIpc) is 2.71. The maximum Gasteiger partial charge on any atom is 0.338 e. The number of benzene rings is 2. The highest BCUT2D eigenvalue weighted by Crippen LogP contribution is 2.28. The van der Waals surface area contributed by atoms with Crippen molar-refractivity contribution in [3.8, 4) is 11.5 Å². The van der Waals surface area contributed by atoms with Crippen LogP contribution in [-0.4, -0.2) is 38.0 Å². The third kappa shape index (κ3) is 5.84. The molecular formula is C21H23NO6. The first-order chi connectivity index (χ1) is 13.4. The number of nitrogens with one attached hydrogen (secondary N) is 1. The van der Waals surface area contributed by atoms with Gasteiger partial charge in [-0.1, -0.05) is 24.3 Å². The van der Waals surface area contributed by atoms with Gasteiger partial charge in [0.1, 0.15) is 0 Å². The normalized spacial score (nSPS) is 10.1. The molecule has 0 unspecified atom stereocenters. The SMILES string of the molecule is CCOc1ccc(C(=O)OCC(=O)c2ccc(CNC(C)=O)cc2)cc1OC. The van der Waals surface area contributed by atoms with E-state index in [1.807, 2.05) is 6.92 Å². The maximum absolute atomic E-state index is 12.2. The van der Waals surface area contributed by atoms with E-state index in [9.17, 15) is 14.4 Å². The number of esters is 1. The molecule has 148 valence electrons. The summed E-state index contributed by atoms with van der Waals surface area (Å²) in [6.45, 7) is 3.77. The van der Waals surface area contributed by atoms with Crippen molar-refractivity contribution in [3.05, 3.63) is 59.2 Å². The fraction of sp³-hybridized carbons (Fsp3) is 0.286. The van der Waals surface area contributed by atoms with Gasteiger partial charge in [0.2, 0.25) is 5.91 Å². The first-order valence-electron chi connectivity index (χ1n) is 8.79. The molecule has 0 heterocycles. The molecule has 0 spiro atoms. The van der Waals surface area contributed by atoms with E-state index in [0.717, 1.165) is 5.56 Å². The van der Waals surface area contributed by atoms with E-state index in [1.54, 1.807) is 36.4 Å². The van der Waals surface area contributed by atoms with E-state index >= 15 is 0 Å². The van der Waals surface area contributed by atoms with Gasteiger partial charge in [0.25, 0.3) is 0 Å². The first kappa shape index (κ1) is 21.0. The predicted octanol–water partition coefficient (Wildman–Crippen LogP) is 2.77. The van der Waals surface area contributed by atoms with Crippen LogP contribution in [0.1, 0.15) is 40.1 Å². The Balaban J connectivity index is 1.94. The zero-order chi connectivity index (χ0) is 20.5. The second-order valence-electron chi connectivity index (χ2n) is 5.90. The number of hydrogen-bond acceptors (Lipinski definition) is 6.